The van der Waals surface area contributed by atoms with Gasteiger partial charge in [0.05, 0.1) is 5.69 Å². The first-order valence-corrected chi connectivity index (χ1v) is 6.40. The standard InChI is InChI=1S/C15H18N4O/c1-19(11-9-12-6-3-2-4-7-12)13-8-5-10-17-14(13)15(16)18-20/h2-8,10,20H,9,11H2,1H3,(H2,16,18). The first-order chi connectivity index (χ1) is 9.72. The Labute approximate surface area is 118 Å². The third-order valence-corrected chi connectivity index (χ3v) is 3.13. The minimum atomic E-state index is 0.0205. The van der Waals surface area contributed by atoms with Crippen LogP contribution in [0.2, 0.25) is 0 Å². The lowest BCUT2D eigenvalue weighted by atomic mass is 10.1. The van der Waals surface area contributed by atoms with E-state index in [0.717, 1.165) is 18.7 Å². The van der Waals surface area contributed by atoms with Crippen molar-refractivity contribution >= 4 is 11.5 Å². The van der Waals surface area contributed by atoms with Crippen molar-refractivity contribution in [3.05, 3.63) is 59.9 Å². The summed E-state index contributed by atoms with van der Waals surface area (Å²) in [7, 11) is 1.97. The van der Waals surface area contributed by atoms with Gasteiger partial charge in [0.15, 0.2) is 5.84 Å². The van der Waals surface area contributed by atoms with E-state index in [2.05, 4.69) is 22.3 Å². The summed E-state index contributed by atoms with van der Waals surface area (Å²) in [5.41, 5.74) is 8.26. The van der Waals surface area contributed by atoms with Gasteiger partial charge in [-0.15, -0.1) is 0 Å². The zero-order chi connectivity index (χ0) is 14.4. The van der Waals surface area contributed by atoms with E-state index in [4.69, 9.17) is 10.9 Å². The van der Waals surface area contributed by atoms with Crippen molar-refractivity contribution in [1.29, 1.82) is 0 Å². The van der Waals surface area contributed by atoms with Crippen molar-refractivity contribution in [2.75, 3.05) is 18.5 Å². The molecule has 2 rings (SSSR count). The molecule has 5 heteroatoms. The maximum Gasteiger partial charge on any atom is 0.190 e. The molecule has 0 fully saturated rings. The van der Waals surface area contributed by atoms with E-state index in [-0.39, 0.29) is 5.84 Å². The fourth-order valence-corrected chi connectivity index (χ4v) is 2.01. The number of anilines is 1. The van der Waals surface area contributed by atoms with Crippen LogP contribution in [0.4, 0.5) is 5.69 Å². The first kappa shape index (κ1) is 13.9. The molecule has 2 aromatic rings. The number of benzene rings is 1. The van der Waals surface area contributed by atoms with Crippen LogP contribution in [0.1, 0.15) is 11.3 Å². The smallest absolute Gasteiger partial charge is 0.190 e. The van der Waals surface area contributed by atoms with Crippen molar-refractivity contribution in [2.24, 2.45) is 10.9 Å². The molecule has 0 spiro atoms. The van der Waals surface area contributed by atoms with Gasteiger partial charge in [-0.25, -0.2) is 0 Å². The average molecular weight is 270 g/mol. The van der Waals surface area contributed by atoms with Gasteiger partial charge in [-0.2, -0.15) is 0 Å². The maximum absolute atomic E-state index is 8.81. The van der Waals surface area contributed by atoms with Crippen molar-refractivity contribution in [3.8, 4) is 0 Å². The lowest BCUT2D eigenvalue weighted by molar-refractivity contribution is 0.318. The number of likely N-dealkylation sites (N-methyl/N-ethyl adjacent to an activating group) is 1. The van der Waals surface area contributed by atoms with E-state index in [1.807, 2.05) is 42.3 Å². The lowest BCUT2D eigenvalue weighted by Crippen LogP contribution is -2.25. The van der Waals surface area contributed by atoms with Crippen LogP contribution in [-0.2, 0) is 6.42 Å². The average Bonchev–Trinajstić information content (AvgIpc) is 2.52. The van der Waals surface area contributed by atoms with E-state index in [9.17, 15) is 0 Å². The molecule has 0 amide bonds. The SMILES string of the molecule is CN(CCc1ccccc1)c1cccnc1/C(N)=N/O. The predicted octanol–water partition coefficient (Wildman–Crippen LogP) is 1.85. The molecule has 0 bridgehead atoms. The van der Waals surface area contributed by atoms with Gasteiger partial charge in [0.1, 0.15) is 5.69 Å². The molecule has 0 aliphatic rings. The second-order valence-electron chi connectivity index (χ2n) is 4.51. The number of oxime groups is 1. The Morgan fingerprint density at radius 3 is 2.70 bits per heavy atom. The Balaban J connectivity index is 2.11. The fourth-order valence-electron chi connectivity index (χ4n) is 2.01. The van der Waals surface area contributed by atoms with Gasteiger partial charge in [-0.3, -0.25) is 4.98 Å². The fraction of sp³-hybridized carbons (Fsp3) is 0.200. The highest BCUT2D eigenvalue weighted by Crippen LogP contribution is 2.17. The lowest BCUT2D eigenvalue weighted by Gasteiger charge is -2.21. The summed E-state index contributed by atoms with van der Waals surface area (Å²) in [5.74, 6) is 0.0205. The number of nitrogens with two attached hydrogens (primary N) is 1. The van der Waals surface area contributed by atoms with Crippen LogP contribution < -0.4 is 10.6 Å². The van der Waals surface area contributed by atoms with Gasteiger partial charge in [0.25, 0.3) is 0 Å². The number of pyridine rings is 1. The maximum atomic E-state index is 8.81. The predicted molar refractivity (Wildman–Crippen MR) is 80.2 cm³/mol. The number of amidine groups is 1. The molecule has 0 unspecified atom stereocenters. The van der Waals surface area contributed by atoms with E-state index in [1.54, 1.807) is 6.20 Å². The largest absolute Gasteiger partial charge is 0.409 e. The summed E-state index contributed by atoms with van der Waals surface area (Å²) in [6, 6.07) is 14.0. The van der Waals surface area contributed by atoms with Crippen LogP contribution in [0.3, 0.4) is 0 Å². The highest BCUT2D eigenvalue weighted by molar-refractivity contribution is 6.00. The van der Waals surface area contributed by atoms with Gasteiger partial charge in [-0.05, 0) is 24.1 Å². The molecule has 0 atom stereocenters. The number of hydrogen-bond donors (Lipinski definition) is 2. The minimum absolute atomic E-state index is 0.0205. The quantitative estimate of drug-likeness (QED) is 0.376. The third kappa shape index (κ3) is 3.26. The molecule has 5 nitrogen and oxygen atoms in total. The van der Waals surface area contributed by atoms with E-state index >= 15 is 0 Å². The third-order valence-electron chi connectivity index (χ3n) is 3.13. The van der Waals surface area contributed by atoms with Crippen LogP contribution in [-0.4, -0.2) is 29.6 Å². The van der Waals surface area contributed by atoms with Crippen molar-refractivity contribution in [3.63, 3.8) is 0 Å². The molecule has 0 radical (unpaired) electrons. The zero-order valence-electron chi connectivity index (χ0n) is 11.4. The summed E-state index contributed by atoms with van der Waals surface area (Å²) in [4.78, 5) is 6.22. The van der Waals surface area contributed by atoms with E-state index in [1.165, 1.54) is 5.56 Å². The molecule has 3 N–H and O–H groups in total. The van der Waals surface area contributed by atoms with Crippen LogP contribution in [0.15, 0.2) is 53.8 Å². The van der Waals surface area contributed by atoms with Gasteiger partial charge >= 0.3 is 0 Å². The highest BCUT2D eigenvalue weighted by Gasteiger charge is 2.11. The highest BCUT2D eigenvalue weighted by atomic mass is 16.4. The molecule has 0 saturated carbocycles. The minimum Gasteiger partial charge on any atom is -0.409 e. The van der Waals surface area contributed by atoms with Crippen LogP contribution in [0.5, 0.6) is 0 Å². The topological polar surface area (TPSA) is 74.7 Å². The van der Waals surface area contributed by atoms with E-state index < -0.39 is 0 Å². The Bertz CT molecular complexity index is 583. The van der Waals surface area contributed by atoms with Gasteiger partial charge in [0.2, 0.25) is 0 Å². The molecule has 0 aliphatic carbocycles. The van der Waals surface area contributed by atoms with Crippen molar-refractivity contribution in [1.82, 2.24) is 4.98 Å². The Hall–Kier alpha value is -2.56. The van der Waals surface area contributed by atoms with Crippen LogP contribution in [0, 0.1) is 0 Å². The Kier molecular flexibility index (Phi) is 4.55. The molecule has 104 valence electrons. The Morgan fingerprint density at radius 1 is 1.25 bits per heavy atom. The second kappa shape index (κ2) is 6.56. The monoisotopic (exact) mass is 270 g/mol. The number of hydrogen-bond acceptors (Lipinski definition) is 4. The summed E-state index contributed by atoms with van der Waals surface area (Å²) >= 11 is 0. The summed E-state index contributed by atoms with van der Waals surface area (Å²) in [6.07, 6.45) is 2.55. The molecule has 1 aromatic carbocycles. The van der Waals surface area contributed by atoms with Gasteiger partial charge in [-0.1, -0.05) is 35.5 Å². The summed E-state index contributed by atoms with van der Waals surface area (Å²) in [6.45, 7) is 0.821. The molecule has 1 aromatic heterocycles. The van der Waals surface area contributed by atoms with Crippen LogP contribution in [0.25, 0.3) is 0 Å². The zero-order valence-corrected chi connectivity index (χ0v) is 11.4. The normalized spacial score (nSPS) is 11.3. The van der Waals surface area contributed by atoms with Gasteiger partial charge < -0.3 is 15.8 Å². The molecule has 20 heavy (non-hydrogen) atoms. The molecule has 1 heterocycles. The molecular formula is C15H18N4O. The molecule has 0 saturated heterocycles. The van der Waals surface area contributed by atoms with Crippen LogP contribution >= 0.6 is 0 Å². The number of rotatable bonds is 5. The summed E-state index contributed by atoms with van der Waals surface area (Å²) < 4.78 is 0. The first-order valence-electron chi connectivity index (χ1n) is 6.40. The summed E-state index contributed by atoms with van der Waals surface area (Å²) in [5, 5.41) is 11.8. The molecule has 0 aliphatic heterocycles. The van der Waals surface area contributed by atoms with Crippen molar-refractivity contribution < 1.29 is 5.21 Å². The van der Waals surface area contributed by atoms with Gasteiger partial charge in [0, 0.05) is 19.8 Å². The molecular weight excluding hydrogens is 252 g/mol. The number of aromatic nitrogens is 1. The van der Waals surface area contributed by atoms with Crippen molar-refractivity contribution in [2.45, 2.75) is 6.42 Å². The second-order valence-corrected chi connectivity index (χ2v) is 4.51. The Morgan fingerprint density at radius 2 is 2.00 bits per heavy atom. The number of nitrogens with zero attached hydrogens (tertiary/aromatic N) is 3. The van der Waals surface area contributed by atoms with E-state index in [0.29, 0.717) is 5.69 Å².